The highest BCUT2D eigenvalue weighted by Gasteiger charge is 2.12. The average Bonchev–Trinajstić information content (AvgIpc) is 3.11. The van der Waals surface area contributed by atoms with Crippen LogP contribution >= 0.6 is 11.3 Å². The summed E-state index contributed by atoms with van der Waals surface area (Å²) in [4.78, 5) is 16.6. The van der Waals surface area contributed by atoms with Crippen LogP contribution in [0.25, 0.3) is 26.4 Å². The molecule has 0 saturated carbocycles. The van der Waals surface area contributed by atoms with Gasteiger partial charge in [0.05, 0.1) is 28.6 Å². The number of nitrogens with zero attached hydrogens (tertiary/aromatic N) is 2. The average molecular weight is 324 g/mol. The van der Waals surface area contributed by atoms with Crippen LogP contribution < -0.4 is 4.74 Å². The van der Waals surface area contributed by atoms with Gasteiger partial charge in [-0.1, -0.05) is 23.5 Å². The second-order valence-electron chi connectivity index (χ2n) is 5.10. The first-order valence-corrected chi connectivity index (χ1v) is 7.77. The molecule has 0 atom stereocenters. The number of aromatic nitrogens is 2. The fourth-order valence-electron chi connectivity index (χ4n) is 2.56. The number of methoxy groups -OCH3 is 1. The van der Waals surface area contributed by atoms with Crippen LogP contribution in [0.15, 0.2) is 48.7 Å². The number of aromatic carboxylic acids is 1. The van der Waals surface area contributed by atoms with Crippen molar-refractivity contribution in [3.8, 4) is 17.0 Å². The molecule has 0 fully saturated rings. The van der Waals surface area contributed by atoms with Crippen molar-refractivity contribution >= 4 is 32.5 Å². The van der Waals surface area contributed by atoms with Crippen molar-refractivity contribution in [1.82, 2.24) is 9.38 Å². The molecule has 0 radical (unpaired) electrons. The van der Waals surface area contributed by atoms with Gasteiger partial charge in [-0.05, 0) is 30.3 Å². The Labute approximate surface area is 135 Å². The molecule has 0 unspecified atom stereocenters. The summed E-state index contributed by atoms with van der Waals surface area (Å²) in [7, 11) is 1.64. The summed E-state index contributed by atoms with van der Waals surface area (Å²) in [5.74, 6) is -0.134. The molecule has 0 aliphatic heterocycles. The maximum atomic E-state index is 11.1. The van der Waals surface area contributed by atoms with E-state index in [-0.39, 0.29) is 5.56 Å². The highest BCUT2D eigenvalue weighted by molar-refractivity contribution is 7.23. The zero-order valence-electron chi connectivity index (χ0n) is 12.2. The number of carboxylic acids is 1. The topological polar surface area (TPSA) is 63.8 Å². The summed E-state index contributed by atoms with van der Waals surface area (Å²) in [6, 6.07) is 12.9. The van der Waals surface area contributed by atoms with Gasteiger partial charge in [0.1, 0.15) is 5.75 Å². The van der Waals surface area contributed by atoms with Gasteiger partial charge >= 0.3 is 5.97 Å². The number of fused-ring (bicyclic) bond motifs is 3. The van der Waals surface area contributed by atoms with E-state index in [1.165, 1.54) is 11.3 Å². The first-order valence-electron chi connectivity index (χ1n) is 6.95. The first-order chi connectivity index (χ1) is 11.2. The summed E-state index contributed by atoms with van der Waals surface area (Å²) in [5.41, 5.74) is 3.08. The molecule has 2 heterocycles. The number of benzene rings is 2. The Hall–Kier alpha value is -2.86. The van der Waals surface area contributed by atoms with Crippen LogP contribution in [-0.4, -0.2) is 27.6 Å². The Balaban J connectivity index is 1.86. The van der Waals surface area contributed by atoms with E-state index < -0.39 is 5.97 Å². The van der Waals surface area contributed by atoms with Crippen molar-refractivity contribution in [3.05, 3.63) is 54.2 Å². The highest BCUT2D eigenvalue weighted by Crippen LogP contribution is 2.31. The molecule has 0 amide bonds. The van der Waals surface area contributed by atoms with E-state index in [0.29, 0.717) is 0 Å². The van der Waals surface area contributed by atoms with Crippen LogP contribution in [0.2, 0.25) is 0 Å². The van der Waals surface area contributed by atoms with Crippen LogP contribution in [0, 0.1) is 0 Å². The lowest BCUT2D eigenvalue weighted by Crippen LogP contribution is -1.94. The minimum Gasteiger partial charge on any atom is -0.497 e. The number of hydrogen-bond donors (Lipinski definition) is 1. The van der Waals surface area contributed by atoms with Crippen LogP contribution in [0.1, 0.15) is 10.4 Å². The van der Waals surface area contributed by atoms with Crippen molar-refractivity contribution < 1.29 is 14.6 Å². The van der Waals surface area contributed by atoms with Crippen molar-refractivity contribution in [2.75, 3.05) is 7.11 Å². The molecule has 4 aromatic rings. The Morgan fingerprint density at radius 3 is 2.91 bits per heavy atom. The van der Waals surface area contributed by atoms with Crippen LogP contribution in [0.3, 0.4) is 0 Å². The van der Waals surface area contributed by atoms with E-state index in [1.54, 1.807) is 19.2 Å². The molecule has 0 spiro atoms. The molecule has 114 valence electrons. The number of carbonyl (C=O) groups is 1. The number of carboxylic acid groups (broad SMARTS) is 1. The minimum absolute atomic E-state index is 0.287. The lowest BCUT2D eigenvalue weighted by molar-refractivity contribution is 0.0697. The van der Waals surface area contributed by atoms with Gasteiger partial charge in [-0.3, -0.25) is 4.40 Å². The van der Waals surface area contributed by atoms with E-state index in [4.69, 9.17) is 9.84 Å². The molecule has 2 aromatic carbocycles. The second-order valence-corrected chi connectivity index (χ2v) is 6.11. The van der Waals surface area contributed by atoms with Gasteiger partial charge in [0.2, 0.25) is 0 Å². The number of imidazole rings is 1. The normalized spacial score (nSPS) is 11.2. The lowest BCUT2D eigenvalue weighted by atomic mass is 10.1. The van der Waals surface area contributed by atoms with E-state index in [9.17, 15) is 4.79 Å². The van der Waals surface area contributed by atoms with Gasteiger partial charge in [-0.2, -0.15) is 0 Å². The zero-order valence-corrected chi connectivity index (χ0v) is 13.0. The smallest absolute Gasteiger partial charge is 0.335 e. The maximum absolute atomic E-state index is 11.1. The summed E-state index contributed by atoms with van der Waals surface area (Å²) < 4.78 is 8.14. The third-order valence-electron chi connectivity index (χ3n) is 3.71. The number of hydrogen-bond acceptors (Lipinski definition) is 4. The molecule has 23 heavy (non-hydrogen) atoms. The largest absolute Gasteiger partial charge is 0.497 e. The van der Waals surface area contributed by atoms with E-state index in [1.807, 2.05) is 40.9 Å². The zero-order chi connectivity index (χ0) is 16.0. The van der Waals surface area contributed by atoms with E-state index in [2.05, 4.69) is 4.98 Å². The Kier molecular flexibility index (Phi) is 3.06. The number of rotatable bonds is 3. The molecule has 0 aliphatic rings. The number of thiazole rings is 1. The van der Waals surface area contributed by atoms with Gasteiger partial charge in [0.15, 0.2) is 4.96 Å². The molecule has 0 aliphatic carbocycles. The first kappa shape index (κ1) is 13.8. The monoisotopic (exact) mass is 324 g/mol. The van der Waals surface area contributed by atoms with Crippen molar-refractivity contribution in [3.63, 3.8) is 0 Å². The molecule has 6 heteroatoms. The van der Waals surface area contributed by atoms with Gasteiger partial charge in [-0.15, -0.1) is 0 Å². The van der Waals surface area contributed by atoms with E-state index >= 15 is 0 Å². The fraction of sp³-hybridized carbons (Fsp3) is 0.0588. The SMILES string of the molecule is COc1cccc(-c2cn3c(n2)sc2cc(C(=O)O)ccc23)c1. The lowest BCUT2D eigenvalue weighted by Gasteiger charge is -2.01. The molecule has 0 saturated heterocycles. The second kappa shape index (κ2) is 5.10. The molecule has 2 aromatic heterocycles. The minimum atomic E-state index is -0.921. The highest BCUT2D eigenvalue weighted by atomic mass is 32.1. The Morgan fingerprint density at radius 1 is 1.26 bits per heavy atom. The van der Waals surface area contributed by atoms with Gasteiger partial charge in [-0.25, -0.2) is 9.78 Å². The van der Waals surface area contributed by atoms with Crippen LogP contribution in [0.4, 0.5) is 0 Å². The summed E-state index contributed by atoms with van der Waals surface area (Å²) >= 11 is 1.48. The standard InChI is InChI=1S/C17H12N2O3S/c1-22-12-4-2-3-10(7-12)13-9-19-14-6-5-11(16(20)21)8-15(14)23-17(19)18-13/h2-9H,1H3,(H,20,21). The molecule has 4 rings (SSSR count). The molecular formula is C17H12N2O3S. The maximum Gasteiger partial charge on any atom is 0.335 e. The Bertz CT molecular complexity index is 1050. The predicted octanol–water partition coefficient (Wildman–Crippen LogP) is 3.92. The van der Waals surface area contributed by atoms with E-state index in [0.717, 1.165) is 32.2 Å². The quantitative estimate of drug-likeness (QED) is 0.620. The van der Waals surface area contributed by atoms with Crippen molar-refractivity contribution in [1.29, 1.82) is 0 Å². The third kappa shape index (κ3) is 2.24. The fourth-order valence-corrected chi connectivity index (χ4v) is 3.60. The van der Waals surface area contributed by atoms with Crippen LogP contribution in [-0.2, 0) is 0 Å². The predicted molar refractivity (Wildman–Crippen MR) is 89.5 cm³/mol. The van der Waals surface area contributed by atoms with Gasteiger partial charge < -0.3 is 9.84 Å². The van der Waals surface area contributed by atoms with Crippen molar-refractivity contribution in [2.45, 2.75) is 0 Å². The van der Waals surface area contributed by atoms with Gasteiger partial charge in [0.25, 0.3) is 0 Å². The summed E-state index contributed by atoms with van der Waals surface area (Å²) in [6.07, 6.45) is 1.96. The third-order valence-corrected chi connectivity index (χ3v) is 4.72. The van der Waals surface area contributed by atoms with Crippen molar-refractivity contribution in [2.24, 2.45) is 0 Å². The molecular weight excluding hydrogens is 312 g/mol. The molecule has 1 N–H and O–H groups in total. The Morgan fingerprint density at radius 2 is 2.13 bits per heavy atom. The molecule has 5 nitrogen and oxygen atoms in total. The van der Waals surface area contributed by atoms with Gasteiger partial charge in [0, 0.05) is 11.8 Å². The molecule has 0 bridgehead atoms. The number of ether oxygens (including phenoxy) is 1. The van der Waals surface area contributed by atoms with Crippen LogP contribution in [0.5, 0.6) is 5.75 Å². The summed E-state index contributed by atoms with van der Waals surface area (Å²) in [6.45, 7) is 0. The summed E-state index contributed by atoms with van der Waals surface area (Å²) in [5, 5.41) is 9.08.